The highest BCUT2D eigenvalue weighted by Crippen LogP contribution is 2.36. The van der Waals surface area contributed by atoms with E-state index in [-0.39, 0.29) is 12.5 Å². The lowest BCUT2D eigenvalue weighted by atomic mass is 9.84. The first-order chi connectivity index (χ1) is 17.5. The number of fused-ring (bicyclic) bond motifs is 1. The number of benzene rings is 3. The third kappa shape index (κ3) is 5.46. The molecular weight excluding hydrogens is 452 g/mol. The number of likely N-dealkylation sites (tertiary alicyclic amines) is 1. The number of nitrogens with zero attached hydrogens (tertiary/aromatic N) is 2. The smallest absolute Gasteiger partial charge is 0.227 e. The van der Waals surface area contributed by atoms with E-state index in [2.05, 4.69) is 4.90 Å². The van der Waals surface area contributed by atoms with Crippen LogP contribution in [-0.2, 0) is 23.4 Å². The molecule has 1 fully saturated rings. The molecule has 36 heavy (non-hydrogen) atoms. The predicted molar refractivity (Wildman–Crippen MR) is 140 cm³/mol. The summed E-state index contributed by atoms with van der Waals surface area (Å²) in [6.07, 6.45) is 1.72. The van der Waals surface area contributed by atoms with Crippen molar-refractivity contribution < 1.29 is 19.7 Å². The molecule has 1 saturated heterocycles. The van der Waals surface area contributed by atoms with Crippen molar-refractivity contribution in [1.82, 2.24) is 4.90 Å². The van der Waals surface area contributed by atoms with Gasteiger partial charge in [0.2, 0.25) is 5.91 Å². The molecule has 0 bridgehead atoms. The van der Waals surface area contributed by atoms with Gasteiger partial charge in [0, 0.05) is 31.6 Å². The molecule has 6 nitrogen and oxygen atoms in total. The predicted octanol–water partition coefficient (Wildman–Crippen LogP) is 3.89. The van der Waals surface area contributed by atoms with Gasteiger partial charge in [0.25, 0.3) is 0 Å². The van der Waals surface area contributed by atoms with Crippen LogP contribution in [-0.4, -0.2) is 53.4 Å². The second-order valence-electron chi connectivity index (χ2n) is 9.88. The summed E-state index contributed by atoms with van der Waals surface area (Å²) in [5.74, 6) is 0.846. The Hall–Kier alpha value is -3.19. The Balaban J connectivity index is 1.18. The number of hydrogen-bond donors (Lipinski definition) is 2. The number of carbonyl (C=O) groups is 1. The third-order valence-electron chi connectivity index (χ3n) is 7.37. The van der Waals surface area contributed by atoms with Crippen molar-refractivity contribution >= 4 is 11.6 Å². The second-order valence-corrected chi connectivity index (χ2v) is 9.88. The summed E-state index contributed by atoms with van der Waals surface area (Å²) < 4.78 is 6.09. The number of anilines is 1. The van der Waals surface area contributed by atoms with Crippen LogP contribution in [0.3, 0.4) is 0 Å². The number of hydrogen-bond acceptors (Lipinski definition) is 5. The van der Waals surface area contributed by atoms with Crippen LogP contribution in [0.5, 0.6) is 5.75 Å². The van der Waals surface area contributed by atoms with E-state index in [1.54, 1.807) is 0 Å². The normalized spacial score (nSPS) is 18.5. The van der Waals surface area contributed by atoms with Crippen LogP contribution in [0.25, 0.3) is 0 Å². The molecule has 2 N–H and O–H groups in total. The lowest BCUT2D eigenvalue weighted by molar-refractivity contribution is -0.119. The minimum Gasteiger partial charge on any atom is -0.490 e. The molecule has 0 radical (unpaired) electrons. The Morgan fingerprint density at radius 3 is 2.31 bits per heavy atom. The first-order valence-electron chi connectivity index (χ1n) is 12.8. The molecule has 6 heteroatoms. The molecule has 0 aliphatic carbocycles. The monoisotopic (exact) mass is 486 g/mol. The van der Waals surface area contributed by atoms with Crippen LogP contribution in [0.15, 0.2) is 78.9 Å². The van der Waals surface area contributed by atoms with Gasteiger partial charge >= 0.3 is 0 Å². The van der Waals surface area contributed by atoms with Crippen molar-refractivity contribution in [3.05, 3.63) is 95.6 Å². The van der Waals surface area contributed by atoms with Gasteiger partial charge in [-0.25, -0.2) is 0 Å². The third-order valence-corrected chi connectivity index (χ3v) is 7.37. The molecule has 0 saturated carbocycles. The van der Waals surface area contributed by atoms with E-state index < -0.39 is 11.7 Å². The molecule has 3 aromatic rings. The zero-order chi connectivity index (χ0) is 25.0. The molecule has 0 spiro atoms. The van der Waals surface area contributed by atoms with E-state index in [4.69, 9.17) is 4.74 Å². The van der Waals surface area contributed by atoms with Crippen molar-refractivity contribution in [1.29, 1.82) is 0 Å². The number of aliphatic hydroxyl groups excluding tert-OH is 1. The van der Waals surface area contributed by atoms with Gasteiger partial charge in [-0.05, 0) is 42.5 Å². The maximum Gasteiger partial charge on any atom is 0.227 e. The first kappa shape index (κ1) is 24.5. The van der Waals surface area contributed by atoms with Crippen molar-refractivity contribution in [2.24, 2.45) is 0 Å². The topological polar surface area (TPSA) is 73.2 Å². The van der Waals surface area contributed by atoms with E-state index in [0.717, 1.165) is 41.2 Å². The molecule has 3 aromatic carbocycles. The van der Waals surface area contributed by atoms with Gasteiger partial charge in [-0.3, -0.25) is 4.79 Å². The molecule has 0 aromatic heterocycles. The molecule has 1 atom stereocenters. The van der Waals surface area contributed by atoms with Gasteiger partial charge in [-0.15, -0.1) is 0 Å². The zero-order valence-corrected chi connectivity index (χ0v) is 20.6. The van der Waals surface area contributed by atoms with Crippen LogP contribution in [0.1, 0.15) is 36.0 Å². The highest BCUT2D eigenvalue weighted by molar-refractivity contribution is 5.96. The van der Waals surface area contributed by atoms with Crippen LogP contribution in [0, 0.1) is 0 Å². The van der Waals surface area contributed by atoms with Crippen molar-refractivity contribution in [3.63, 3.8) is 0 Å². The molecule has 1 amide bonds. The van der Waals surface area contributed by atoms with E-state index in [0.29, 0.717) is 38.8 Å². The lowest BCUT2D eigenvalue weighted by Crippen LogP contribution is -2.46. The summed E-state index contributed by atoms with van der Waals surface area (Å²) in [6, 6.07) is 25.6. The SMILES string of the molecule is O=C1CCc2c(OCC(O)CN3CCC(O)(c4ccccc4)CC3)cccc2N1Cc1ccccc1. The Kier molecular flexibility index (Phi) is 7.37. The molecule has 1 unspecified atom stereocenters. The fraction of sp³-hybridized carbons (Fsp3) is 0.367. The van der Waals surface area contributed by atoms with E-state index in [9.17, 15) is 15.0 Å². The summed E-state index contributed by atoms with van der Waals surface area (Å²) in [4.78, 5) is 16.7. The van der Waals surface area contributed by atoms with Crippen LogP contribution < -0.4 is 9.64 Å². The zero-order valence-electron chi connectivity index (χ0n) is 20.6. The summed E-state index contributed by atoms with van der Waals surface area (Å²) in [6.45, 7) is 2.66. The van der Waals surface area contributed by atoms with Crippen molar-refractivity contribution in [2.75, 3.05) is 31.1 Å². The lowest BCUT2D eigenvalue weighted by Gasteiger charge is -2.39. The first-order valence-corrected chi connectivity index (χ1v) is 12.8. The molecule has 2 aliphatic heterocycles. The second kappa shape index (κ2) is 10.8. The number of amides is 1. The average Bonchev–Trinajstić information content (AvgIpc) is 2.91. The van der Waals surface area contributed by atoms with Crippen molar-refractivity contribution in [2.45, 2.75) is 43.9 Å². The highest BCUT2D eigenvalue weighted by atomic mass is 16.5. The van der Waals surface area contributed by atoms with Crippen LogP contribution in [0.2, 0.25) is 0 Å². The van der Waals surface area contributed by atoms with Gasteiger partial charge in [0.15, 0.2) is 0 Å². The molecule has 5 rings (SSSR count). The summed E-state index contributed by atoms with van der Waals surface area (Å²) in [5, 5.41) is 21.8. The van der Waals surface area contributed by atoms with Gasteiger partial charge in [-0.1, -0.05) is 66.7 Å². The van der Waals surface area contributed by atoms with Crippen LogP contribution in [0.4, 0.5) is 5.69 Å². The Morgan fingerprint density at radius 1 is 0.889 bits per heavy atom. The summed E-state index contributed by atoms with van der Waals surface area (Å²) >= 11 is 0. The van der Waals surface area contributed by atoms with Gasteiger partial charge in [-0.2, -0.15) is 0 Å². The largest absolute Gasteiger partial charge is 0.490 e. The minimum absolute atomic E-state index is 0.115. The number of carbonyl (C=O) groups excluding carboxylic acids is 1. The van der Waals surface area contributed by atoms with Crippen molar-refractivity contribution in [3.8, 4) is 5.75 Å². The minimum atomic E-state index is -0.800. The molecular formula is C30H34N2O4. The highest BCUT2D eigenvalue weighted by Gasteiger charge is 2.34. The number of aliphatic hydroxyl groups is 2. The molecule has 2 aliphatic rings. The van der Waals surface area contributed by atoms with Crippen LogP contribution >= 0.6 is 0 Å². The van der Waals surface area contributed by atoms with Gasteiger partial charge in [0.1, 0.15) is 18.5 Å². The quantitative estimate of drug-likeness (QED) is 0.506. The Labute approximate surface area is 212 Å². The van der Waals surface area contributed by atoms with E-state index >= 15 is 0 Å². The number of ether oxygens (including phenoxy) is 1. The fourth-order valence-electron chi connectivity index (χ4n) is 5.31. The molecule has 188 valence electrons. The van der Waals surface area contributed by atoms with Gasteiger partial charge < -0.3 is 24.7 Å². The number of β-amino-alcohol motifs (C(OH)–C–C–N with tert-alkyl or cyclic N) is 1. The van der Waals surface area contributed by atoms with E-state index in [1.807, 2.05) is 83.8 Å². The standard InChI is InChI=1S/C30H34N2O4/c33-25(21-31-18-16-30(35,17-19-31)24-10-5-2-6-11-24)22-36-28-13-7-12-27-26(28)14-15-29(34)32(27)20-23-8-3-1-4-9-23/h1-13,25,33,35H,14-22H2. The summed E-state index contributed by atoms with van der Waals surface area (Å²) in [7, 11) is 0. The number of rotatable bonds is 8. The number of piperidine rings is 1. The average molecular weight is 487 g/mol. The maximum absolute atomic E-state index is 12.7. The fourth-order valence-corrected chi connectivity index (χ4v) is 5.31. The van der Waals surface area contributed by atoms with Gasteiger partial charge in [0.05, 0.1) is 17.8 Å². The Morgan fingerprint density at radius 2 is 1.58 bits per heavy atom. The summed E-state index contributed by atoms with van der Waals surface area (Å²) in [5.41, 5.74) is 3.15. The van der Waals surface area contributed by atoms with E-state index in [1.165, 1.54) is 0 Å². The Bertz CT molecular complexity index is 1160. The molecule has 2 heterocycles. The maximum atomic E-state index is 12.7.